The molecule has 1 saturated heterocycles. The Bertz CT molecular complexity index is 228. The molecule has 0 N–H and O–H groups in total. The average Bonchev–Trinajstić information content (AvgIpc) is 2.14. The van der Waals surface area contributed by atoms with Gasteiger partial charge in [-0.1, -0.05) is 0 Å². The zero-order chi connectivity index (χ0) is 11.5. The van der Waals surface area contributed by atoms with Crippen LogP contribution < -0.4 is 0 Å². The van der Waals surface area contributed by atoms with Crippen molar-refractivity contribution in [3.05, 3.63) is 10.1 Å². The van der Waals surface area contributed by atoms with Gasteiger partial charge in [0.15, 0.2) is 6.04 Å². The van der Waals surface area contributed by atoms with Crippen molar-refractivity contribution in [1.82, 2.24) is 4.90 Å². The van der Waals surface area contributed by atoms with E-state index >= 15 is 0 Å². The number of ether oxygens (including phenoxy) is 1. The first kappa shape index (κ1) is 12.2. The van der Waals surface area contributed by atoms with Crippen LogP contribution in [0, 0.1) is 10.1 Å². The molecule has 1 aliphatic rings. The van der Waals surface area contributed by atoms with Crippen molar-refractivity contribution < 1.29 is 22.8 Å². The van der Waals surface area contributed by atoms with Crippen LogP contribution in [0.15, 0.2) is 0 Å². The van der Waals surface area contributed by atoms with Gasteiger partial charge in [0.2, 0.25) is 6.54 Å². The SMILES string of the molecule is O=[N+]([O-])CC(N1CCOCC1)C(F)(F)F. The first-order chi connectivity index (χ1) is 6.91. The molecule has 0 bridgehead atoms. The van der Waals surface area contributed by atoms with E-state index in [1.54, 1.807) is 0 Å². The van der Waals surface area contributed by atoms with Gasteiger partial charge < -0.3 is 4.74 Å². The number of nitrogens with zero attached hydrogens (tertiary/aromatic N) is 2. The molecule has 15 heavy (non-hydrogen) atoms. The third-order valence-electron chi connectivity index (χ3n) is 2.19. The van der Waals surface area contributed by atoms with Crippen LogP contribution in [0.1, 0.15) is 0 Å². The molecule has 1 aliphatic heterocycles. The van der Waals surface area contributed by atoms with Gasteiger partial charge in [-0.15, -0.1) is 0 Å². The molecule has 0 aliphatic carbocycles. The maximum atomic E-state index is 12.5. The van der Waals surface area contributed by atoms with E-state index in [1.807, 2.05) is 0 Å². The fourth-order valence-electron chi connectivity index (χ4n) is 1.46. The lowest BCUT2D eigenvalue weighted by Gasteiger charge is -2.33. The highest BCUT2D eigenvalue weighted by atomic mass is 19.4. The van der Waals surface area contributed by atoms with E-state index in [9.17, 15) is 23.3 Å². The van der Waals surface area contributed by atoms with Crippen LogP contribution in [0.5, 0.6) is 0 Å². The number of alkyl halides is 3. The molecule has 1 atom stereocenters. The second-order valence-electron chi connectivity index (χ2n) is 3.22. The number of hydrogen-bond acceptors (Lipinski definition) is 4. The van der Waals surface area contributed by atoms with Crippen molar-refractivity contribution in [2.24, 2.45) is 0 Å². The molecule has 0 spiro atoms. The van der Waals surface area contributed by atoms with E-state index < -0.39 is 23.7 Å². The van der Waals surface area contributed by atoms with Gasteiger partial charge in [-0.3, -0.25) is 15.0 Å². The minimum atomic E-state index is -4.57. The molecule has 0 aromatic rings. The number of hydrogen-bond donors (Lipinski definition) is 0. The van der Waals surface area contributed by atoms with Crippen LogP contribution >= 0.6 is 0 Å². The first-order valence-corrected chi connectivity index (χ1v) is 4.41. The monoisotopic (exact) mass is 228 g/mol. The summed E-state index contributed by atoms with van der Waals surface area (Å²) in [5.41, 5.74) is 0. The topological polar surface area (TPSA) is 55.6 Å². The lowest BCUT2D eigenvalue weighted by molar-refractivity contribution is -0.496. The van der Waals surface area contributed by atoms with Crippen LogP contribution in [-0.2, 0) is 4.74 Å². The Hall–Kier alpha value is -0.890. The first-order valence-electron chi connectivity index (χ1n) is 4.41. The molecule has 0 aromatic heterocycles. The second-order valence-corrected chi connectivity index (χ2v) is 3.22. The Morgan fingerprint density at radius 1 is 1.40 bits per heavy atom. The highest BCUT2D eigenvalue weighted by molar-refractivity contribution is 4.79. The molecule has 8 heteroatoms. The summed E-state index contributed by atoms with van der Waals surface area (Å²) in [6.07, 6.45) is -4.57. The molecule has 1 unspecified atom stereocenters. The van der Waals surface area contributed by atoms with E-state index in [-0.39, 0.29) is 26.3 Å². The normalized spacial score (nSPS) is 21.3. The molecule has 1 rings (SSSR count). The maximum absolute atomic E-state index is 12.5. The molecule has 5 nitrogen and oxygen atoms in total. The average molecular weight is 228 g/mol. The zero-order valence-corrected chi connectivity index (χ0v) is 7.87. The van der Waals surface area contributed by atoms with Gasteiger partial charge in [-0.05, 0) is 0 Å². The Balaban J connectivity index is 2.66. The summed E-state index contributed by atoms with van der Waals surface area (Å²) in [6.45, 7) is -0.575. The van der Waals surface area contributed by atoms with E-state index in [0.29, 0.717) is 0 Å². The van der Waals surface area contributed by atoms with Crippen molar-refractivity contribution in [2.45, 2.75) is 12.2 Å². The summed E-state index contributed by atoms with van der Waals surface area (Å²) in [5.74, 6) is 0. The number of morpholine rings is 1. The fraction of sp³-hybridized carbons (Fsp3) is 1.00. The van der Waals surface area contributed by atoms with E-state index in [0.717, 1.165) is 4.90 Å². The molecule has 88 valence electrons. The van der Waals surface area contributed by atoms with E-state index in [4.69, 9.17) is 4.74 Å². The third kappa shape index (κ3) is 3.63. The minimum Gasteiger partial charge on any atom is -0.379 e. The highest BCUT2D eigenvalue weighted by Crippen LogP contribution is 2.25. The third-order valence-corrected chi connectivity index (χ3v) is 2.19. The van der Waals surface area contributed by atoms with Gasteiger partial charge in [0.25, 0.3) is 0 Å². The largest absolute Gasteiger partial charge is 0.410 e. The summed E-state index contributed by atoms with van der Waals surface area (Å²) >= 11 is 0. The summed E-state index contributed by atoms with van der Waals surface area (Å²) in [5, 5.41) is 10.1. The predicted octanol–water partition coefficient (Wildman–Crippen LogP) is 0.526. The van der Waals surface area contributed by atoms with Gasteiger partial charge in [-0.25, -0.2) is 0 Å². The summed E-state index contributed by atoms with van der Waals surface area (Å²) in [7, 11) is 0. The van der Waals surface area contributed by atoms with Crippen LogP contribution in [0.2, 0.25) is 0 Å². The van der Waals surface area contributed by atoms with Gasteiger partial charge in [0, 0.05) is 18.0 Å². The Labute approximate surface area is 83.9 Å². The maximum Gasteiger partial charge on any atom is 0.410 e. The van der Waals surface area contributed by atoms with Crippen molar-refractivity contribution in [3.8, 4) is 0 Å². The Kier molecular flexibility index (Phi) is 3.86. The molecule has 0 saturated carbocycles. The number of halogens is 3. The predicted molar refractivity (Wildman–Crippen MR) is 44.1 cm³/mol. The summed E-state index contributed by atoms with van der Waals surface area (Å²) < 4.78 is 42.3. The van der Waals surface area contributed by atoms with Gasteiger partial charge in [0.05, 0.1) is 13.2 Å². The molecule has 0 amide bonds. The van der Waals surface area contributed by atoms with Crippen LogP contribution in [0.3, 0.4) is 0 Å². The lowest BCUT2D eigenvalue weighted by atomic mass is 10.2. The fourth-order valence-corrected chi connectivity index (χ4v) is 1.46. The van der Waals surface area contributed by atoms with Crippen molar-refractivity contribution in [3.63, 3.8) is 0 Å². The molecule has 0 radical (unpaired) electrons. The van der Waals surface area contributed by atoms with Crippen LogP contribution in [0.25, 0.3) is 0 Å². The standard InChI is InChI=1S/C7H11F3N2O3/c8-7(9,10)6(5-12(13)14)11-1-3-15-4-2-11/h6H,1-5H2. The molecular weight excluding hydrogens is 217 g/mol. The summed E-state index contributed by atoms with van der Waals surface area (Å²) in [4.78, 5) is 10.3. The van der Waals surface area contributed by atoms with Gasteiger partial charge in [0.1, 0.15) is 0 Å². The lowest BCUT2D eigenvalue weighted by Crippen LogP contribution is -2.53. The van der Waals surface area contributed by atoms with Crippen LogP contribution in [-0.4, -0.2) is 54.9 Å². The molecule has 0 aromatic carbocycles. The van der Waals surface area contributed by atoms with Gasteiger partial charge in [-0.2, -0.15) is 13.2 Å². The minimum absolute atomic E-state index is 0.0814. The van der Waals surface area contributed by atoms with Crippen molar-refractivity contribution in [2.75, 3.05) is 32.8 Å². The number of nitro groups is 1. The van der Waals surface area contributed by atoms with E-state index in [1.165, 1.54) is 0 Å². The number of rotatable bonds is 3. The smallest absolute Gasteiger partial charge is 0.379 e. The Morgan fingerprint density at radius 2 is 1.93 bits per heavy atom. The van der Waals surface area contributed by atoms with Gasteiger partial charge >= 0.3 is 6.18 Å². The van der Waals surface area contributed by atoms with Crippen molar-refractivity contribution in [1.29, 1.82) is 0 Å². The second kappa shape index (κ2) is 4.75. The van der Waals surface area contributed by atoms with Crippen LogP contribution in [0.4, 0.5) is 13.2 Å². The van der Waals surface area contributed by atoms with Crippen molar-refractivity contribution >= 4 is 0 Å². The molecule has 1 heterocycles. The quantitative estimate of drug-likeness (QED) is 0.522. The molecule has 1 fully saturated rings. The molecular formula is C7H11F3N2O3. The van der Waals surface area contributed by atoms with E-state index in [2.05, 4.69) is 0 Å². The summed E-state index contributed by atoms with van der Waals surface area (Å²) in [6, 6.07) is -2.00. The highest BCUT2D eigenvalue weighted by Gasteiger charge is 2.47. The Morgan fingerprint density at radius 3 is 2.33 bits per heavy atom. The zero-order valence-electron chi connectivity index (χ0n) is 7.87.